The third-order valence-electron chi connectivity index (χ3n) is 7.57. The van der Waals surface area contributed by atoms with Crippen LogP contribution in [0.5, 0.6) is 0 Å². The van der Waals surface area contributed by atoms with Crippen LogP contribution in [0.1, 0.15) is 32.6 Å². The van der Waals surface area contributed by atoms with E-state index in [0.29, 0.717) is 18.5 Å². The summed E-state index contributed by atoms with van der Waals surface area (Å²) in [6.45, 7) is 0.726. The normalized spacial score (nSPS) is 15.0. The smallest absolute Gasteiger partial charge is 0.326 e. The first-order valence-electron chi connectivity index (χ1n) is 13.8. The van der Waals surface area contributed by atoms with E-state index in [1.54, 1.807) is 24.3 Å². The van der Waals surface area contributed by atoms with Crippen LogP contribution in [0.4, 0.5) is 0 Å². The highest BCUT2D eigenvalue weighted by Crippen LogP contribution is 2.25. The molecule has 5 rings (SSSR count). The van der Waals surface area contributed by atoms with Gasteiger partial charge in [-0.3, -0.25) is 9.59 Å². The second-order valence-corrected chi connectivity index (χ2v) is 10.4. The summed E-state index contributed by atoms with van der Waals surface area (Å²) in [6, 6.07) is 31.2. The van der Waals surface area contributed by atoms with Crippen LogP contribution in [0, 0.1) is 0 Å². The van der Waals surface area contributed by atoms with Gasteiger partial charge < -0.3 is 21.1 Å². The van der Waals surface area contributed by atoms with Crippen LogP contribution >= 0.6 is 0 Å². The number of carbonyl (C=O) groups excluding carboxylic acids is 2. The molecule has 2 atom stereocenters. The van der Waals surface area contributed by atoms with Gasteiger partial charge in [-0.1, -0.05) is 91.0 Å². The van der Waals surface area contributed by atoms with Crippen LogP contribution in [0.15, 0.2) is 103 Å². The molecule has 0 spiro atoms. The number of nitrogens with zero attached hydrogens (tertiary/aromatic N) is 1. The van der Waals surface area contributed by atoms with Crippen molar-refractivity contribution in [2.24, 2.45) is 5.73 Å². The minimum absolute atomic E-state index is 0.172. The lowest BCUT2D eigenvalue weighted by atomic mass is 9.93. The molecule has 0 saturated heterocycles. The molecule has 1 aliphatic heterocycles. The maximum absolute atomic E-state index is 13.2. The van der Waals surface area contributed by atoms with Gasteiger partial charge in [0, 0.05) is 25.1 Å². The van der Waals surface area contributed by atoms with Crippen LogP contribution in [-0.2, 0) is 35.4 Å². The molecule has 0 saturated carbocycles. The summed E-state index contributed by atoms with van der Waals surface area (Å²) in [5.41, 5.74) is 12.9. The quantitative estimate of drug-likeness (QED) is 0.290. The number of amides is 2. The molecule has 1 heterocycles. The van der Waals surface area contributed by atoms with E-state index < -0.39 is 24.0 Å². The van der Waals surface area contributed by atoms with Crippen molar-refractivity contribution in [1.29, 1.82) is 0 Å². The number of fused-ring (bicyclic) bond motifs is 1. The summed E-state index contributed by atoms with van der Waals surface area (Å²) < 4.78 is 0. The van der Waals surface area contributed by atoms with Crippen molar-refractivity contribution in [3.05, 3.63) is 131 Å². The molecule has 2 amide bonds. The zero-order valence-corrected chi connectivity index (χ0v) is 22.7. The lowest BCUT2D eigenvalue weighted by molar-refractivity contribution is -0.152. The number of nitrogens with one attached hydrogen (secondary N) is 1. The van der Waals surface area contributed by atoms with Gasteiger partial charge in [0.1, 0.15) is 6.04 Å². The predicted molar refractivity (Wildman–Crippen MR) is 158 cm³/mol. The topological polar surface area (TPSA) is 113 Å². The molecule has 0 aliphatic carbocycles. The molecule has 41 heavy (non-hydrogen) atoms. The standard InChI is InChI=1S/C34H33N3O4/c35-30(33(39)37-22-29-9-5-4-8-28(29)21-31(37)34(40)41)20-24-12-16-27(17-13-24)32(38)36-19-18-23-10-14-26(15-11-23)25-6-2-1-3-7-25/h1-17,30-31H,18-22,35H2,(H,36,38)(H,40,41)/t30-,31?/m0/s1. The molecule has 7 nitrogen and oxygen atoms in total. The van der Waals surface area contributed by atoms with Gasteiger partial charge in [0.25, 0.3) is 5.91 Å². The summed E-state index contributed by atoms with van der Waals surface area (Å²) in [5, 5.41) is 12.7. The zero-order chi connectivity index (χ0) is 28.8. The number of carbonyl (C=O) groups is 3. The molecule has 0 aromatic heterocycles. The minimum Gasteiger partial charge on any atom is -0.480 e. The number of hydrogen-bond acceptors (Lipinski definition) is 4. The van der Waals surface area contributed by atoms with E-state index in [1.807, 2.05) is 42.5 Å². The number of carboxylic acids is 1. The maximum Gasteiger partial charge on any atom is 0.326 e. The van der Waals surface area contributed by atoms with Gasteiger partial charge in [-0.15, -0.1) is 0 Å². The van der Waals surface area contributed by atoms with Crippen LogP contribution in [0.2, 0.25) is 0 Å². The fourth-order valence-electron chi connectivity index (χ4n) is 5.24. The summed E-state index contributed by atoms with van der Waals surface area (Å²) in [7, 11) is 0. The van der Waals surface area contributed by atoms with E-state index in [2.05, 4.69) is 41.7 Å². The molecule has 1 unspecified atom stereocenters. The number of rotatable bonds is 9. The van der Waals surface area contributed by atoms with Crippen LogP contribution in [-0.4, -0.2) is 46.4 Å². The second kappa shape index (κ2) is 12.6. The third kappa shape index (κ3) is 6.70. The Morgan fingerprint density at radius 1 is 0.805 bits per heavy atom. The number of hydrogen-bond donors (Lipinski definition) is 3. The highest BCUT2D eigenvalue weighted by Gasteiger charge is 2.36. The number of nitrogens with two attached hydrogens (primary N) is 1. The Bertz CT molecular complexity index is 1520. The summed E-state index contributed by atoms with van der Waals surface area (Å²) in [6.07, 6.45) is 1.21. The molecule has 4 N–H and O–H groups in total. The van der Waals surface area contributed by atoms with Crippen molar-refractivity contribution in [2.45, 2.75) is 37.9 Å². The van der Waals surface area contributed by atoms with Crippen molar-refractivity contribution < 1.29 is 19.5 Å². The van der Waals surface area contributed by atoms with E-state index in [-0.39, 0.29) is 25.3 Å². The Balaban J connectivity index is 1.12. The van der Waals surface area contributed by atoms with Gasteiger partial charge >= 0.3 is 5.97 Å². The van der Waals surface area contributed by atoms with Gasteiger partial charge in [-0.05, 0) is 58.4 Å². The van der Waals surface area contributed by atoms with Crippen molar-refractivity contribution >= 4 is 17.8 Å². The van der Waals surface area contributed by atoms with Crippen molar-refractivity contribution in [2.75, 3.05) is 6.54 Å². The van der Waals surface area contributed by atoms with Crippen LogP contribution in [0.3, 0.4) is 0 Å². The maximum atomic E-state index is 13.2. The number of benzene rings is 4. The Labute approximate surface area is 239 Å². The van der Waals surface area contributed by atoms with E-state index >= 15 is 0 Å². The molecular formula is C34H33N3O4. The predicted octanol–water partition coefficient (Wildman–Crippen LogP) is 4.23. The van der Waals surface area contributed by atoms with E-state index in [0.717, 1.165) is 27.8 Å². The van der Waals surface area contributed by atoms with E-state index in [9.17, 15) is 19.5 Å². The summed E-state index contributed by atoms with van der Waals surface area (Å²) in [5.74, 6) is -1.61. The largest absolute Gasteiger partial charge is 0.480 e. The molecule has 0 fully saturated rings. The lowest BCUT2D eigenvalue weighted by Crippen LogP contribution is -2.54. The first-order valence-corrected chi connectivity index (χ1v) is 13.8. The molecule has 4 aromatic carbocycles. The zero-order valence-electron chi connectivity index (χ0n) is 22.7. The highest BCUT2D eigenvalue weighted by atomic mass is 16.4. The average molecular weight is 548 g/mol. The average Bonchev–Trinajstić information content (AvgIpc) is 3.01. The first-order chi connectivity index (χ1) is 19.9. The molecule has 4 aromatic rings. The molecule has 0 radical (unpaired) electrons. The van der Waals surface area contributed by atoms with Gasteiger partial charge in [0.15, 0.2) is 0 Å². The Morgan fingerprint density at radius 2 is 1.41 bits per heavy atom. The van der Waals surface area contributed by atoms with Gasteiger partial charge in [-0.2, -0.15) is 0 Å². The summed E-state index contributed by atoms with van der Waals surface area (Å²) >= 11 is 0. The minimum atomic E-state index is -1.04. The van der Waals surface area contributed by atoms with Crippen LogP contribution in [0.25, 0.3) is 11.1 Å². The van der Waals surface area contributed by atoms with Crippen LogP contribution < -0.4 is 11.1 Å². The SMILES string of the molecule is N[C@@H](Cc1ccc(C(=O)NCCc2ccc(-c3ccccc3)cc2)cc1)C(=O)N1Cc2ccccc2CC1C(=O)O. The van der Waals surface area contributed by atoms with E-state index in [4.69, 9.17) is 5.73 Å². The van der Waals surface area contributed by atoms with Crippen molar-refractivity contribution in [3.63, 3.8) is 0 Å². The fourth-order valence-corrected chi connectivity index (χ4v) is 5.24. The van der Waals surface area contributed by atoms with E-state index in [1.165, 1.54) is 10.5 Å². The molecule has 208 valence electrons. The Hall–Kier alpha value is -4.75. The van der Waals surface area contributed by atoms with Gasteiger partial charge in [0.05, 0.1) is 6.04 Å². The molecule has 0 bridgehead atoms. The molecule has 7 heteroatoms. The second-order valence-electron chi connectivity index (χ2n) is 10.4. The molecular weight excluding hydrogens is 514 g/mol. The lowest BCUT2D eigenvalue weighted by Gasteiger charge is -2.36. The van der Waals surface area contributed by atoms with Gasteiger partial charge in [-0.25, -0.2) is 4.79 Å². The first kappa shape index (κ1) is 27.8. The number of carboxylic acid groups (broad SMARTS) is 1. The Kier molecular flexibility index (Phi) is 8.56. The third-order valence-corrected chi connectivity index (χ3v) is 7.57. The molecule has 1 aliphatic rings. The van der Waals surface area contributed by atoms with Crippen molar-refractivity contribution in [1.82, 2.24) is 10.2 Å². The fraction of sp³-hybridized carbons (Fsp3) is 0.206. The van der Waals surface area contributed by atoms with Crippen molar-refractivity contribution in [3.8, 4) is 11.1 Å². The monoisotopic (exact) mass is 547 g/mol. The highest BCUT2D eigenvalue weighted by molar-refractivity contribution is 5.94. The number of aliphatic carboxylic acids is 1. The summed E-state index contributed by atoms with van der Waals surface area (Å²) in [4.78, 5) is 39.2. The van der Waals surface area contributed by atoms with Gasteiger partial charge in [0.2, 0.25) is 5.91 Å². The Morgan fingerprint density at radius 3 is 2.10 bits per heavy atom.